The quantitative estimate of drug-likeness (QED) is 0.663. The standard InChI is InChI=1S/C21H20N4O2/c1-13-5-4-6-14(2)20(13)25-19-11-18(22-12-23-19)21(27)24-17-9-7-16(8-10-17)15(3)26/h4-12H,1-3H3,(H,24,27)(H,22,23,25). The summed E-state index contributed by atoms with van der Waals surface area (Å²) in [7, 11) is 0. The van der Waals surface area contributed by atoms with Crippen LogP contribution in [-0.2, 0) is 0 Å². The Morgan fingerprint density at radius 2 is 1.59 bits per heavy atom. The first-order valence-corrected chi connectivity index (χ1v) is 8.51. The maximum absolute atomic E-state index is 12.5. The van der Waals surface area contributed by atoms with Gasteiger partial charge in [0, 0.05) is 23.0 Å². The van der Waals surface area contributed by atoms with Crippen LogP contribution in [0.15, 0.2) is 54.9 Å². The summed E-state index contributed by atoms with van der Waals surface area (Å²) >= 11 is 0. The molecule has 1 heterocycles. The lowest BCUT2D eigenvalue weighted by Gasteiger charge is -2.12. The van der Waals surface area contributed by atoms with Crippen molar-refractivity contribution in [2.24, 2.45) is 0 Å². The number of ketones is 1. The second-order valence-corrected chi connectivity index (χ2v) is 6.27. The molecule has 1 amide bonds. The monoisotopic (exact) mass is 360 g/mol. The molecule has 0 saturated heterocycles. The van der Waals surface area contributed by atoms with Crippen molar-refractivity contribution in [3.8, 4) is 0 Å². The maximum Gasteiger partial charge on any atom is 0.274 e. The number of anilines is 3. The van der Waals surface area contributed by atoms with Gasteiger partial charge in [-0.1, -0.05) is 18.2 Å². The molecule has 0 bridgehead atoms. The van der Waals surface area contributed by atoms with Crippen molar-refractivity contribution in [3.63, 3.8) is 0 Å². The van der Waals surface area contributed by atoms with Gasteiger partial charge < -0.3 is 10.6 Å². The summed E-state index contributed by atoms with van der Waals surface area (Å²) in [5, 5.41) is 6.02. The number of Topliss-reactive ketones (excluding diaryl/α,β-unsaturated/α-hetero) is 1. The summed E-state index contributed by atoms with van der Waals surface area (Å²) in [6.45, 7) is 5.52. The Kier molecular flexibility index (Phi) is 5.26. The highest BCUT2D eigenvalue weighted by Crippen LogP contribution is 2.23. The molecular weight excluding hydrogens is 340 g/mol. The summed E-state index contributed by atoms with van der Waals surface area (Å²) in [4.78, 5) is 32.0. The topological polar surface area (TPSA) is 84.0 Å². The smallest absolute Gasteiger partial charge is 0.274 e. The molecule has 0 radical (unpaired) electrons. The molecule has 136 valence electrons. The van der Waals surface area contributed by atoms with Crippen LogP contribution < -0.4 is 10.6 Å². The lowest BCUT2D eigenvalue weighted by Crippen LogP contribution is -2.14. The van der Waals surface area contributed by atoms with Crippen molar-refractivity contribution in [1.82, 2.24) is 9.97 Å². The maximum atomic E-state index is 12.5. The third-order valence-corrected chi connectivity index (χ3v) is 4.18. The predicted octanol–water partition coefficient (Wildman–Crippen LogP) is 4.29. The summed E-state index contributed by atoms with van der Waals surface area (Å²) in [6, 6.07) is 14.3. The number of aromatic nitrogens is 2. The van der Waals surface area contributed by atoms with Gasteiger partial charge >= 0.3 is 0 Å². The Bertz CT molecular complexity index is 977. The van der Waals surface area contributed by atoms with E-state index in [9.17, 15) is 9.59 Å². The molecule has 0 fully saturated rings. The fraction of sp³-hybridized carbons (Fsp3) is 0.143. The lowest BCUT2D eigenvalue weighted by atomic mass is 10.1. The number of rotatable bonds is 5. The van der Waals surface area contributed by atoms with E-state index in [0.717, 1.165) is 16.8 Å². The van der Waals surface area contributed by atoms with Gasteiger partial charge in [0.15, 0.2) is 5.78 Å². The van der Waals surface area contributed by atoms with E-state index in [1.54, 1.807) is 30.3 Å². The second kappa shape index (κ2) is 7.78. The van der Waals surface area contributed by atoms with E-state index in [2.05, 4.69) is 20.6 Å². The van der Waals surface area contributed by atoms with Gasteiger partial charge in [0.2, 0.25) is 0 Å². The zero-order valence-electron chi connectivity index (χ0n) is 15.4. The molecule has 0 aliphatic rings. The van der Waals surface area contributed by atoms with Crippen LogP contribution >= 0.6 is 0 Å². The molecule has 0 aliphatic heterocycles. The molecule has 2 aromatic carbocycles. The van der Waals surface area contributed by atoms with E-state index in [4.69, 9.17) is 0 Å². The number of aryl methyl sites for hydroxylation is 2. The van der Waals surface area contributed by atoms with E-state index in [0.29, 0.717) is 17.1 Å². The molecule has 0 atom stereocenters. The molecule has 0 aliphatic carbocycles. The molecule has 0 saturated carbocycles. The Balaban J connectivity index is 1.76. The van der Waals surface area contributed by atoms with E-state index in [-0.39, 0.29) is 17.4 Å². The molecule has 3 rings (SSSR count). The van der Waals surface area contributed by atoms with Gasteiger partial charge in [-0.15, -0.1) is 0 Å². The number of carbonyl (C=O) groups excluding carboxylic acids is 2. The van der Waals surface area contributed by atoms with Gasteiger partial charge in [0.05, 0.1) is 0 Å². The Morgan fingerprint density at radius 3 is 2.22 bits per heavy atom. The summed E-state index contributed by atoms with van der Waals surface area (Å²) in [5.74, 6) is 0.169. The van der Waals surface area contributed by atoms with Crippen LogP contribution in [0, 0.1) is 13.8 Å². The molecule has 2 N–H and O–H groups in total. The Hall–Kier alpha value is -3.54. The highest BCUT2D eigenvalue weighted by atomic mass is 16.2. The first kappa shape index (κ1) is 18.3. The first-order valence-electron chi connectivity index (χ1n) is 8.51. The van der Waals surface area contributed by atoms with Crippen LogP contribution in [-0.4, -0.2) is 21.7 Å². The van der Waals surface area contributed by atoms with Gasteiger partial charge in [-0.25, -0.2) is 9.97 Å². The van der Waals surface area contributed by atoms with Crippen molar-refractivity contribution in [3.05, 3.63) is 77.2 Å². The minimum Gasteiger partial charge on any atom is -0.340 e. The normalized spacial score (nSPS) is 10.3. The fourth-order valence-corrected chi connectivity index (χ4v) is 2.67. The van der Waals surface area contributed by atoms with E-state index >= 15 is 0 Å². The molecule has 3 aromatic rings. The molecule has 27 heavy (non-hydrogen) atoms. The average Bonchev–Trinajstić information content (AvgIpc) is 2.65. The van der Waals surface area contributed by atoms with Crippen molar-refractivity contribution in [2.75, 3.05) is 10.6 Å². The van der Waals surface area contributed by atoms with Gasteiger partial charge in [0.25, 0.3) is 5.91 Å². The van der Waals surface area contributed by atoms with Crippen LogP contribution in [0.4, 0.5) is 17.2 Å². The van der Waals surface area contributed by atoms with Crippen LogP contribution in [0.1, 0.15) is 38.9 Å². The first-order chi connectivity index (χ1) is 12.9. The van der Waals surface area contributed by atoms with Crippen molar-refractivity contribution < 1.29 is 9.59 Å². The van der Waals surface area contributed by atoms with Gasteiger partial charge in [-0.05, 0) is 56.2 Å². The number of nitrogens with one attached hydrogen (secondary N) is 2. The predicted molar refractivity (Wildman–Crippen MR) is 106 cm³/mol. The average molecular weight is 360 g/mol. The number of carbonyl (C=O) groups is 2. The largest absolute Gasteiger partial charge is 0.340 e. The van der Waals surface area contributed by atoms with Crippen molar-refractivity contribution >= 4 is 28.9 Å². The minimum atomic E-state index is -0.350. The van der Waals surface area contributed by atoms with Gasteiger partial charge in [-0.2, -0.15) is 0 Å². The zero-order chi connectivity index (χ0) is 19.4. The van der Waals surface area contributed by atoms with Crippen LogP contribution in [0.5, 0.6) is 0 Å². The summed E-state index contributed by atoms with van der Waals surface area (Å²) in [6.07, 6.45) is 1.35. The van der Waals surface area contributed by atoms with Crippen LogP contribution in [0.2, 0.25) is 0 Å². The Morgan fingerprint density at radius 1 is 0.926 bits per heavy atom. The number of nitrogens with zero attached hydrogens (tertiary/aromatic N) is 2. The number of benzene rings is 2. The molecule has 6 nitrogen and oxygen atoms in total. The van der Waals surface area contributed by atoms with Crippen molar-refractivity contribution in [2.45, 2.75) is 20.8 Å². The molecule has 1 aromatic heterocycles. The fourth-order valence-electron chi connectivity index (χ4n) is 2.67. The number of para-hydroxylation sites is 1. The number of amides is 1. The molecule has 0 spiro atoms. The Labute approximate surface area is 157 Å². The van der Waals surface area contributed by atoms with E-state index < -0.39 is 0 Å². The minimum absolute atomic E-state index is 0.0223. The third kappa shape index (κ3) is 4.36. The van der Waals surface area contributed by atoms with Crippen LogP contribution in [0.3, 0.4) is 0 Å². The third-order valence-electron chi connectivity index (χ3n) is 4.18. The highest BCUT2D eigenvalue weighted by molar-refractivity contribution is 6.03. The number of hydrogen-bond acceptors (Lipinski definition) is 5. The highest BCUT2D eigenvalue weighted by Gasteiger charge is 2.11. The van der Waals surface area contributed by atoms with E-state index in [1.165, 1.54) is 13.3 Å². The zero-order valence-corrected chi connectivity index (χ0v) is 15.4. The molecule has 0 unspecified atom stereocenters. The van der Waals surface area contributed by atoms with Crippen molar-refractivity contribution in [1.29, 1.82) is 0 Å². The summed E-state index contributed by atoms with van der Waals surface area (Å²) < 4.78 is 0. The van der Waals surface area contributed by atoms with Gasteiger partial charge in [-0.3, -0.25) is 9.59 Å². The second-order valence-electron chi connectivity index (χ2n) is 6.27. The molecular formula is C21H20N4O2. The van der Waals surface area contributed by atoms with E-state index in [1.807, 2.05) is 32.0 Å². The SMILES string of the molecule is CC(=O)c1ccc(NC(=O)c2cc(Nc3c(C)cccc3C)ncn2)cc1. The lowest BCUT2D eigenvalue weighted by molar-refractivity contribution is 0.101. The number of hydrogen-bond donors (Lipinski definition) is 2. The van der Waals surface area contributed by atoms with Gasteiger partial charge in [0.1, 0.15) is 17.8 Å². The summed E-state index contributed by atoms with van der Waals surface area (Å²) in [5.41, 5.74) is 4.56. The van der Waals surface area contributed by atoms with Crippen LogP contribution in [0.25, 0.3) is 0 Å². The molecule has 6 heteroatoms.